The SMILES string of the molecule is COc1cccc(NC(=O)[C@H]2CCCN2C(=O)C23CC4CC(CC(C4)C2)C3)c1. The summed E-state index contributed by atoms with van der Waals surface area (Å²) < 4.78 is 5.24. The maximum atomic E-state index is 13.7. The number of nitrogens with zero attached hydrogens (tertiary/aromatic N) is 1. The first kappa shape index (κ1) is 18.0. The Morgan fingerprint density at radius 3 is 2.43 bits per heavy atom. The fourth-order valence-electron chi connectivity index (χ4n) is 6.89. The first-order chi connectivity index (χ1) is 13.6. The molecule has 1 aromatic carbocycles. The Kier molecular flexibility index (Phi) is 4.37. The third-order valence-electron chi connectivity index (χ3n) is 7.65. The molecule has 5 nitrogen and oxygen atoms in total. The predicted octanol–water partition coefficient (Wildman–Crippen LogP) is 3.84. The summed E-state index contributed by atoms with van der Waals surface area (Å²) in [5.74, 6) is 3.13. The van der Waals surface area contributed by atoms with Crippen molar-refractivity contribution < 1.29 is 14.3 Å². The molecule has 0 aromatic heterocycles. The lowest BCUT2D eigenvalue weighted by Gasteiger charge is -2.56. The molecule has 1 heterocycles. The van der Waals surface area contributed by atoms with Gasteiger partial charge in [0.25, 0.3) is 0 Å². The van der Waals surface area contributed by atoms with Crippen LogP contribution >= 0.6 is 0 Å². The summed E-state index contributed by atoms with van der Waals surface area (Å²) in [6, 6.07) is 7.06. The molecule has 4 aliphatic carbocycles. The van der Waals surface area contributed by atoms with Gasteiger partial charge in [-0.25, -0.2) is 0 Å². The van der Waals surface area contributed by atoms with Gasteiger partial charge in [0.2, 0.25) is 11.8 Å². The molecule has 6 rings (SSSR count). The first-order valence-corrected chi connectivity index (χ1v) is 10.8. The third kappa shape index (κ3) is 2.99. The largest absolute Gasteiger partial charge is 0.497 e. The van der Waals surface area contributed by atoms with Crippen LogP contribution in [0.4, 0.5) is 5.69 Å². The van der Waals surface area contributed by atoms with Crippen LogP contribution in [0.3, 0.4) is 0 Å². The summed E-state index contributed by atoms with van der Waals surface area (Å²) in [5, 5.41) is 3.00. The van der Waals surface area contributed by atoms with Crippen molar-refractivity contribution in [2.24, 2.45) is 23.2 Å². The Morgan fingerprint density at radius 2 is 1.79 bits per heavy atom. The van der Waals surface area contributed by atoms with Gasteiger partial charge in [0.15, 0.2) is 0 Å². The Bertz CT molecular complexity index is 755. The zero-order valence-corrected chi connectivity index (χ0v) is 16.7. The lowest BCUT2D eigenvalue weighted by molar-refractivity contribution is -0.160. The molecule has 2 amide bonds. The van der Waals surface area contributed by atoms with Crippen molar-refractivity contribution in [3.05, 3.63) is 24.3 Å². The summed E-state index contributed by atoms with van der Waals surface area (Å²) in [4.78, 5) is 28.6. The molecule has 1 atom stereocenters. The summed E-state index contributed by atoms with van der Waals surface area (Å²) >= 11 is 0. The standard InChI is InChI=1S/C23H30N2O3/c1-28-19-5-2-4-18(11-19)24-21(26)20-6-3-7-25(20)22(27)23-12-15-8-16(13-23)10-17(9-15)14-23/h2,4-5,11,15-17,20H,3,6-10,12-14H2,1H3,(H,24,26)/t15?,16?,17?,20-,23?/m1/s1. The second-order valence-corrected chi connectivity index (χ2v) is 9.58. The van der Waals surface area contributed by atoms with Crippen molar-refractivity contribution in [1.29, 1.82) is 0 Å². The van der Waals surface area contributed by atoms with Crippen molar-refractivity contribution in [1.82, 2.24) is 4.90 Å². The lowest BCUT2D eigenvalue weighted by Crippen LogP contribution is -2.56. The second kappa shape index (κ2) is 6.78. The van der Waals surface area contributed by atoms with Crippen LogP contribution in [0.25, 0.3) is 0 Å². The number of likely N-dealkylation sites (tertiary alicyclic amines) is 1. The number of carbonyl (C=O) groups is 2. The molecule has 1 N–H and O–H groups in total. The van der Waals surface area contributed by atoms with Gasteiger partial charge in [0.05, 0.1) is 12.5 Å². The van der Waals surface area contributed by atoms with Crippen LogP contribution < -0.4 is 10.1 Å². The minimum atomic E-state index is -0.341. The molecule has 28 heavy (non-hydrogen) atoms. The Balaban J connectivity index is 1.32. The number of anilines is 1. The molecular formula is C23H30N2O3. The molecule has 5 fully saturated rings. The van der Waals surface area contributed by atoms with Gasteiger partial charge in [-0.1, -0.05) is 6.07 Å². The summed E-state index contributed by atoms with van der Waals surface area (Å²) in [7, 11) is 1.61. The highest BCUT2D eigenvalue weighted by molar-refractivity contribution is 5.98. The fraction of sp³-hybridized carbons (Fsp3) is 0.652. The second-order valence-electron chi connectivity index (χ2n) is 9.58. The van der Waals surface area contributed by atoms with E-state index in [9.17, 15) is 9.59 Å². The van der Waals surface area contributed by atoms with Crippen molar-refractivity contribution in [2.75, 3.05) is 19.0 Å². The third-order valence-corrected chi connectivity index (χ3v) is 7.65. The molecule has 1 aromatic rings. The molecule has 5 heteroatoms. The van der Waals surface area contributed by atoms with Crippen molar-refractivity contribution in [3.63, 3.8) is 0 Å². The van der Waals surface area contributed by atoms with E-state index < -0.39 is 0 Å². The highest BCUT2D eigenvalue weighted by Crippen LogP contribution is 2.60. The van der Waals surface area contributed by atoms with E-state index in [-0.39, 0.29) is 23.3 Å². The molecule has 0 spiro atoms. The normalized spacial score (nSPS) is 35.8. The van der Waals surface area contributed by atoms with Gasteiger partial charge < -0.3 is 15.0 Å². The molecule has 4 bridgehead atoms. The molecule has 1 aliphatic heterocycles. The summed E-state index contributed by atoms with van der Waals surface area (Å²) in [6.45, 7) is 0.719. The van der Waals surface area contributed by atoms with Gasteiger partial charge in [-0.05, 0) is 81.3 Å². The molecule has 5 aliphatic rings. The highest BCUT2D eigenvalue weighted by Gasteiger charge is 2.56. The lowest BCUT2D eigenvalue weighted by atomic mass is 9.49. The minimum absolute atomic E-state index is 0.0659. The molecule has 4 saturated carbocycles. The molecule has 1 saturated heterocycles. The van der Waals surface area contributed by atoms with E-state index in [2.05, 4.69) is 5.32 Å². The Morgan fingerprint density at radius 1 is 1.11 bits per heavy atom. The van der Waals surface area contributed by atoms with Crippen molar-refractivity contribution in [3.8, 4) is 5.75 Å². The maximum Gasteiger partial charge on any atom is 0.247 e. The van der Waals surface area contributed by atoms with E-state index in [0.29, 0.717) is 5.75 Å². The molecule has 0 radical (unpaired) electrons. The number of nitrogens with one attached hydrogen (secondary N) is 1. The number of amides is 2. The zero-order chi connectivity index (χ0) is 19.3. The van der Waals surface area contributed by atoms with Crippen LogP contribution in [0.2, 0.25) is 0 Å². The van der Waals surface area contributed by atoms with Crippen LogP contribution in [0, 0.1) is 23.2 Å². The van der Waals surface area contributed by atoms with Crippen LogP contribution in [0.5, 0.6) is 5.75 Å². The van der Waals surface area contributed by atoms with E-state index in [0.717, 1.165) is 62.1 Å². The summed E-state index contributed by atoms with van der Waals surface area (Å²) in [5.41, 5.74) is 0.548. The van der Waals surface area contributed by atoms with Crippen molar-refractivity contribution >= 4 is 17.5 Å². The quantitative estimate of drug-likeness (QED) is 0.861. The monoisotopic (exact) mass is 382 g/mol. The molecule has 0 unspecified atom stereocenters. The van der Waals surface area contributed by atoms with Crippen LogP contribution in [0.1, 0.15) is 51.4 Å². The smallest absolute Gasteiger partial charge is 0.247 e. The minimum Gasteiger partial charge on any atom is -0.497 e. The summed E-state index contributed by atoms with van der Waals surface area (Å²) in [6.07, 6.45) is 8.81. The predicted molar refractivity (Wildman–Crippen MR) is 107 cm³/mol. The number of carbonyl (C=O) groups excluding carboxylic acids is 2. The highest BCUT2D eigenvalue weighted by atomic mass is 16.5. The molecular weight excluding hydrogens is 352 g/mol. The topological polar surface area (TPSA) is 58.6 Å². The van der Waals surface area contributed by atoms with Crippen LogP contribution in [-0.4, -0.2) is 36.4 Å². The maximum absolute atomic E-state index is 13.7. The van der Waals surface area contributed by atoms with Gasteiger partial charge in [0, 0.05) is 18.3 Å². The van der Waals surface area contributed by atoms with E-state index in [1.807, 2.05) is 29.2 Å². The van der Waals surface area contributed by atoms with E-state index in [1.165, 1.54) is 19.3 Å². The Labute approximate surface area is 166 Å². The van der Waals surface area contributed by atoms with Gasteiger partial charge >= 0.3 is 0 Å². The van der Waals surface area contributed by atoms with Crippen LogP contribution in [-0.2, 0) is 9.59 Å². The fourth-order valence-corrected chi connectivity index (χ4v) is 6.89. The van der Waals surface area contributed by atoms with E-state index >= 15 is 0 Å². The number of methoxy groups -OCH3 is 1. The Hall–Kier alpha value is -2.04. The van der Waals surface area contributed by atoms with Crippen molar-refractivity contribution in [2.45, 2.75) is 57.4 Å². The van der Waals surface area contributed by atoms with Gasteiger partial charge in [-0.15, -0.1) is 0 Å². The molecule has 150 valence electrons. The van der Waals surface area contributed by atoms with Gasteiger partial charge in [0.1, 0.15) is 11.8 Å². The van der Waals surface area contributed by atoms with Crippen LogP contribution in [0.15, 0.2) is 24.3 Å². The first-order valence-electron chi connectivity index (χ1n) is 10.8. The van der Waals surface area contributed by atoms with Gasteiger partial charge in [-0.2, -0.15) is 0 Å². The number of hydrogen-bond donors (Lipinski definition) is 1. The van der Waals surface area contributed by atoms with Gasteiger partial charge in [-0.3, -0.25) is 9.59 Å². The number of benzene rings is 1. The number of ether oxygens (including phenoxy) is 1. The number of hydrogen-bond acceptors (Lipinski definition) is 3. The van der Waals surface area contributed by atoms with E-state index in [4.69, 9.17) is 4.74 Å². The zero-order valence-electron chi connectivity index (χ0n) is 16.7. The van der Waals surface area contributed by atoms with E-state index in [1.54, 1.807) is 7.11 Å². The average molecular weight is 383 g/mol. The average Bonchev–Trinajstić information content (AvgIpc) is 3.16. The number of rotatable bonds is 4.